The van der Waals surface area contributed by atoms with E-state index < -0.39 is 13.4 Å². The van der Waals surface area contributed by atoms with Crippen molar-refractivity contribution in [1.82, 2.24) is 5.32 Å². The van der Waals surface area contributed by atoms with Crippen LogP contribution >= 0.6 is 7.82 Å². The highest BCUT2D eigenvalue weighted by Crippen LogP contribution is 2.25. The smallest absolute Gasteiger partial charge is 0.396 e. The highest BCUT2D eigenvalue weighted by atomic mass is 31.2. The molecule has 206 valence electrons. The summed E-state index contributed by atoms with van der Waals surface area (Å²) in [7, 11) is -4.64. The molecule has 0 heterocycles. The molecule has 0 saturated heterocycles. The summed E-state index contributed by atoms with van der Waals surface area (Å²) in [6, 6.07) is 0. The summed E-state index contributed by atoms with van der Waals surface area (Å²) in [6.45, 7) is 6.92. The average molecular weight is 511 g/mol. The van der Waals surface area contributed by atoms with Crippen molar-refractivity contribution in [2.24, 2.45) is 11.7 Å². The van der Waals surface area contributed by atoms with Crippen LogP contribution in [0.1, 0.15) is 130 Å². The zero-order valence-corrected chi connectivity index (χ0v) is 23.0. The van der Waals surface area contributed by atoms with Crippen molar-refractivity contribution >= 4 is 13.7 Å². The van der Waals surface area contributed by atoms with Gasteiger partial charge in [0.2, 0.25) is 5.91 Å². The van der Waals surface area contributed by atoms with E-state index >= 15 is 0 Å². The summed E-state index contributed by atoms with van der Waals surface area (Å²) in [5.74, 6) is 0.283. The van der Waals surface area contributed by atoms with Gasteiger partial charge >= 0.3 is 7.82 Å². The molecule has 0 saturated carbocycles. The van der Waals surface area contributed by atoms with Gasteiger partial charge in [0.25, 0.3) is 0 Å². The Morgan fingerprint density at radius 2 is 1.21 bits per heavy atom. The molecular formula is C25H55N2O6P. The second kappa shape index (κ2) is 22.9. The van der Waals surface area contributed by atoms with Crippen molar-refractivity contribution in [1.29, 1.82) is 0 Å². The van der Waals surface area contributed by atoms with Crippen molar-refractivity contribution in [2.75, 3.05) is 13.2 Å². The van der Waals surface area contributed by atoms with Gasteiger partial charge in [0, 0.05) is 25.1 Å². The van der Waals surface area contributed by atoms with E-state index in [0.717, 1.165) is 12.8 Å². The molecule has 0 aromatic rings. The topological polar surface area (TPSA) is 153 Å². The fraction of sp³-hybridized carbons (Fsp3) is 0.960. The van der Waals surface area contributed by atoms with E-state index in [2.05, 4.69) is 12.2 Å². The lowest BCUT2D eigenvalue weighted by Crippen LogP contribution is -2.48. The van der Waals surface area contributed by atoms with Gasteiger partial charge in [-0.3, -0.25) is 4.79 Å². The molecule has 0 rings (SSSR count). The van der Waals surface area contributed by atoms with Crippen molar-refractivity contribution in [3.05, 3.63) is 0 Å². The molecule has 9 heteroatoms. The average Bonchev–Trinajstić information content (AvgIpc) is 2.73. The molecule has 0 aliphatic heterocycles. The third-order valence-corrected chi connectivity index (χ3v) is 6.39. The molecule has 7 N–H and O–H groups in total. The van der Waals surface area contributed by atoms with Crippen LogP contribution in [0.3, 0.4) is 0 Å². The summed E-state index contributed by atoms with van der Waals surface area (Å²) in [4.78, 5) is 33.5. The van der Waals surface area contributed by atoms with Gasteiger partial charge < -0.3 is 30.8 Å². The molecule has 0 radical (unpaired) electrons. The van der Waals surface area contributed by atoms with Crippen LogP contribution in [0.2, 0.25) is 0 Å². The van der Waals surface area contributed by atoms with Gasteiger partial charge in [-0.05, 0) is 25.7 Å². The fourth-order valence-electron chi connectivity index (χ4n) is 3.73. The molecule has 2 atom stereocenters. The number of phosphoric acid groups is 1. The van der Waals surface area contributed by atoms with Crippen molar-refractivity contribution in [3.8, 4) is 0 Å². The predicted octanol–water partition coefficient (Wildman–Crippen LogP) is 5.17. The van der Waals surface area contributed by atoms with Gasteiger partial charge in [-0.2, -0.15) is 0 Å². The lowest BCUT2D eigenvalue weighted by atomic mass is 9.85. The van der Waals surface area contributed by atoms with Crippen molar-refractivity contribution < 1.29 is 29.1 Å². The number of hydrogen-bond donors (Lipinski definition) is 6. The number of carbonyl (C=O) groups is 1. The monoisotopic (exact) mass is 510 g/mol. The van der Waals surface area contributed by atoms with Gasteiger partial charge in [0.1, 0.15) is 0 Å². The molecule has 0 aromatic heterocycles. The molecule has 0 fully saturated rings. The Labute approximate surface area is 208 Å². The van der Waals surface area contributed by atoms with Crippen LogP contribution in [0.4, 0.5) is 0 Å². The van der Waals surface area contributed by atoms with Crippen LogP contribution in [0.25, 0.3) is 0 Å². The molecular weight excluding hydrogens is 455 g/mol. The molecule has 2 unspecified atom stereocenters. The predicted molar refractivity (Wildman–Crippen MR) is 140 cm³/mol. The lowest BCUT2D eigenvalue weighted by molar-refractivity contribution is -0.121. The second-order valence-corrected chi connectivity index (χ2v) is 10.9. The number of nitrogens with one attached hydrogen (secondary N) is 1. The van der Waals surface area contributed by atoms with Crippen molar-refractivity contribution in [3.63, 3.8) is 0 Å². The summed E-state index contributed by atoms with van der Waals surface area (Å²) in [5.41, 5.74) is 5.75. The van der Waals surface area contributed by atoms with Gasteiger partial charge in [0.05, 0.1) is 0 Å². The van der Waals surface area contributed by atoms with Crippen LogP contribution in [0, 0.1) is 5.92 Å². The van der Waals surface area contributed by atoms with E-state index in [1.807, 2.05) is 13.8 Å². The number of amides is 1. The number of nitrogens with two attached hydrogens (primary N) is 1. The highest BCUT2D eigenvalue weighted by Gasteiger charge is 2.25. The fourth-order valence-corrected chi connectivity index (χ4v) is 3.73. The summed E-state index contributed by atoms with van der Waals surface area (Å²) in [6.07, 6.45) is 21.3. The number of unbranched alkanes of at least 4 members (excludes halogenated alkanes) is 14. The normalized spacial score (nSPS) is 14.1. The molecule has 34 heavy (non-hydrogen) atoms. The zero-order valence-electron chi connectivity index (χ0n) is 22.1. The van der Waals surface area contributed by atoms with E-state index in [0.29, 0.717) is 19.4 Å². The van der Waals surface area contributed by atoms with Crippen LogP contribution in [0.5, 0.6) is 0 Å². The minimum absolute atomic E-state index is 0.0877. The number of rotatable bonds is 21. The first-order valence-electron chi connectivity index (χ1n) is 13.4. The minimum Gasteiger partial charge on any atom is -0.396 e. The number of carbonyl (C=O) groups excluding carboxylic acids is 1. The molecule has 8 nitrogen and oxygen atoms in total. The first kappa shape index (κ1) is 35.7. The van der Waals surface area contributed by atoms with Crippen molar-refractivity contribution in [2.45, 2.75) is 135 Å². The largest absolute Gasteiger partial charge is 0.466 e. The molecule has 0 aliphatic carbocycles. The first-order chi connectivity index (χ1) is 15.9. The summed E-state index contributed by atoms with van der Waals surface area (Å²) < 4.78 is 8.88. The maximum absolute atomic E-state index is 12.0. The Hall–Kier alpha value is -0.500. The highest BCUT2D eigenvalue weighted by molar-refractivity contribution is 7.45. The second-order valence-electron chi connectivity index (χ2n) is 9.90. The van der Waals surface area contributed by atoms with E-state index in [1.54, 1.807) is 0 Å². The molecule has 0 bridgehead atoms. The van der Waals surface area contributed by atoms with E-state index in [-0.39, 0.29) is 18.4 Å². The number of hydrogen-bond acceptors (Lipinski definition) is 4. The lowest BCUT2D eigenvalue weighted by Gasteiger charge is -2.31. The third-order valence-electron chi connectivity index (χ3n) is 6.39. The van der Waals surface area contributed by atoms with Gasteiger partial charge in [-0.15, -0.1) is 0 Å². The van der Waals surface area contributed by atoms with Crippen LogP contribution in [0.15, 0.2) is 0 Å². The van der Waals surface area contributed by atoms with E-state index in [9.17, 15) is 4.79 Å². The molecule has 0 aliphatic rings. The zero-order chi connectivity index (χ0) is 26.3. The Morgan fingerprint density at radius 3 is 1.56 bits per heavy atom. The number of aliphatic hydroxyl groups excluding tert-OH is 1. The minimum atomic E-state index is -4.64. The molecule has 0 spiro atoms. The quantitative estimate of drug-likeness (QED) is 0.0919. The van der Waals surface area contributed by atoms with Crippen LogP contribution in [-0.4, -0.2) is 44.4 Å². The standard InChI is InChI=1S/C25H52N2O2.H3O4P/c1-4-5-6-7-8-9-10-11-12-13-14-15-16-17-18-19-24(29)27-22-23(2)25(3,26)20-21-28;1-5(2,3)4/h23,28H,4-22,26H2,1-3H3,(H,27,29);(H3,1,2,3,4). The Morgan fingerprint density at radius 1 is 0.853 bits per heavy atom. The van der Waals surface area contributed by atoms with Gasteiger partial charge in [0.15, 0.2) is 0 Å². The first-order valence-corrected chi connectivity index (χ1v) is 14.9. The molecule has 1 amide bonds. The van der Waals surface area contributed by atoms with Crippen LogP contribution in [-0.2, 0) is 9.36 Å². The summed E-state index contributed by atoms with van der Waals surface area (Å²) in [5, 5.41) is 12.1. The Kier molecular flexibility index (Phi) is 24.1. The third kappa shape index (κ3) is 29.5. The summed E-state index contributed by atoms with van der Waals surface area (Å²) >= 11 is 0. The van der Waals surface area contributed by atoms with Gasteiger partial charge in [-0.1, -0.05) is 104 Å². The molecule has 0 aromatic carbocycles. The SMILES string of the molecule is CCCCCCCCCCCCCCCCCC(=O)NCC(C)C(C)(N)CCO.O=P(O)(O)O. The Bertz CT molecular complexity index is 505. The van der Waals surface area contributed by atoms with E-state index in [1.165, 1.54) is 83.5 Å². The maximum Gasteiger partial charge on any atom is 0.466 e. The Balaban J connectivity index is 0. The maximum atomic E-state index is 12.0. The van der Waals surface area contributed by atoms with Gasteiger partial charge in [-0.25, -0.2) is 4.57 Å². The van der Waals surface area contributed by atoms with Crippen LogP contribution < -0.4 is 11.1 Å². The van der Waals surface area contributed by atoms with E-state index in [4.69, 9.17) is 30.1 Å². The number of aliphatic hydroxyl groups is 1.